The molecule has 2 aromatic carbocycles. The number of thiazole rings is 1. The highest BCUT2D eigenvalue weighted by Crippen LogP contribution is 2.25. The van der Waals surface area contributed by atoms with Gasteiger partial charge in [0.15, 0.2) is 0 Å². The van der Waals surface area contributed by atoms with E-state index < -0.39 is 0 Å². The number of rotatable bonds is 5. The van der Waals surface area contributed by atoms with Crippen molar-refractivity contribution >= 4 is 17.2 Å². The van der Waals surface area contributed by atoms with E-state index in [0.29, 0.717) is 5.69 Å². The number of carbonyl (C=O) groups is 1. The van der Waals surface area contributed by atoms with E-state index in [-0.39, 0.29) is 5.91 Å². The van der Waals surface area contributed by atoms with Gasteiger partial charge in [0.25, 0.3) is 5.91 Å². The van der Waals surface area contributed by atoms with Gasteiger partial charge < -0.3 is 9.64 Å². The van der Waals surface area contributed by atoms with Crippen LogP contribution in [0.5, 0.6) is 5.75 Å². The summed E-state index contributed by atoms with van der Waals surface area (Å²) in [5.41, 5.74) is 4.10. The number of nitrogens with zero attached hydrogens (tertiary/aromatic N) is 3. The maximum Gasteiger partial charge on any atom is 0.273 e. The van der Waals surface area contributed by atoms with Crippen LogP contribution < -0.4 is 4.74 Å². The van der Waals surface area contributed by atoms with Gasteiger partial charge in [0.1, 0.15) is 16.5 Å². The Labute approximate surface area is 181 Å². The second-order valence-electron chi connectivity index (χ2n) is 7.67. The van der Waals surface area contributed by atoms with Gasteiger partial charge in [0.2, 0.25) is 0 Å². The van der Waals surface area contributed by atoms with Crippen LogP contribution in [0.3, 0.4) is 0 Å². The topological polar surface area (TPSA) is 45.7 Å². The third kappa shape index (κ3) is 4.89. The van der Waals surface area contributed by atoms with Crippen LogP contribution in [-0.4, -0.2) is 54.0 Å². The molecule has 156 valence electrons. The van der Waals surface area contributed by atoms with Crippen molar-refractivity contribution in [3.05, 3.63) is 70.7 Å². The van der Waals surface area contributed by atoms with Crippen molar-refractivity contribution in [1.82, 2.24) is 14.8 Å². The second-order valence-corrected chi connectivity index (χ2v) is 8.53. The van der Waals surface area contributed by atoms with Gasteiger partial charge in [0, 0.05) is 43.7 Å². The van der Waals surface area contributed by atoms with E-state index in [1.165, 1.54) is 22.5 Å². The van der Waals surface area contributed by atoms with E-state index in [4.69, 9.17) is 4.74 Å². The molecule has 1 aromatic heterocycles. The molecule has 1 fully saturated rings. The molecule has 1 amide bonds. The summed E-state index contributed by atoms with van der Waals surface area (Å²) < 4.78 is 5.23. The van der Waals surface area contributed by atoms with Crippen LogP contribution in [0.1, 0.15) is 28.0 Å². The van der Waals surface area contributed by atoms with E-state index in [1.54, 1.807) is 7.11 Å². The molecule has 0 bridgehead atoms. The molecular formula is C24H27N3O2S. The standard InChI is InChI=1S/C24H27N3O2S/c1-18-4-8-20(9-5-18)23-25-22(17-30-23)24(28)27-13-3-12-26(14-15-27)16-19-6-10-21(29-2)11-7-19/h4-11,17H,3,12-16H2,1-2H3. The van der Waals surface area contributed by atoms with Crippen molar-refractivity contribution in [1.29, 1.82) is 0 Å². The summed E-state index contributed by atoms with van der Waals surface area (Å²) in [5.74, 6) is 0.913. The van der Waals surface area contributed by atoms with Crippen molar-refractivity contribution in [3.8, 4) is 16.3 Å². The molecule has 0 N–H and O–H groups in total. The van der Waals surface area contributed by atoms with E-state index in [1.807, 2.05) is 22.4 Å². The molecule has 0 unspecified atom stereocenters. The number of hydrogen-bond donors (Lipinski definition) is 0. The molecule has 1 aliphatic rings. The predicted molar refractivity (Wildman–Crippen MR) is 121 cm³/mol. The van der Waals surface area contributed by atoms with E-state index in [9.17, 15) is 4.79 Å². The lowest BCUT2D eigenvalue weighted by Gasteiger charge is -2.21. The molecule has 2 heterocycles. The Balaban J connectivity index is 1.37. The maximum absolute atomic E-state index is 13.0. The highest BCUT2D eigenvalue weighted by atomic mass is 32.1. The second kappa shape index (κ2) is 9.41. The largest absolute Gasteiger partial charge is 0.497 e. The molecular weight excluding hydrogens is 394 g/mol. The molecule has 4 rings (SSSR count). The number of amides is 1. The molecule has 0 radical (unpaired) electrons. The molecule has 1 saturated heterocycles. The fourth-order valence-corrected chi connectivity index (χ4v) is 4.48. The monoisotopic (exact) mass is 421 g/mol. The lowest BCUT2D eigenvalue weighted by Crippen LogP contribution is -2.35. The smallest absolute Gasteiger partial charge is 0.273 e. The fraction of sp³-hybridized carbons (Fsp3) is 0.333. The van der Waals surface area contributed by atoms with E-state index in [0.717, 1.165) is 55.5 Å². The third-order valence-electron chi connectivity index (χ3n) is 5.46. The van der Waals surface area contributed by atoms with Crippen molar-refractivity contribution in [2.24, 2.45) is 0 Å². The van der Waals surface area contributed by atoms with Crippen LogP contribution in [0.2, 0.25) is 0 Å². The van der Waals surface area contributed by atoms with Crippen LogP contribution in [0.4, 0.5) is 0 Å². The van der Waals surface area contributed by atoms with Crippen molar-refractivity contribution in [2.45, 2.75) is 19.9 Å². The summed E-state index contributed by atoms with van der Waals surface area (Å²) in [4.78, 5) is 22.0. The minimum absolute atomic E-state index is 0.0379. The molecule has 30 heavy (non-hydrogen) atoms. The zero-order chi connectivity index (χ0) is 20.9. The normalized spacial score (nSPS) is 15.1. The predicted octanol–water partition coefficient (Wildman–Crippen LogP) is 4.48. The molecule has 0 spiro atoms. The number of aromatic nitrogens is 1. The number of hydrogen-bond acceptors (Lipinski definition) is 5. The van der Waals surface area contributed by atoms with E-state index >= 15 is 0 Å². The van der Waals surface area contributed by atoms with Crippen LogP contribution >= 0.6 is 11.3 Å². The molecule has 0 atom stereocenters. The van der Waals surface area contributed by atoms with Crippen molar-refractivity contribution < 1.29 is 9.53 Å². The Bertz CT molecular complexity index is 982. The van der Waals surface area contributed by atoms with E-state index in [2.05, 4.69) is 53.2 Å². The third-order valence-corrected chi connectivity index (χ3v) is 6.35. The number of methoxy groups -OCH3 is 1. The van der Waals surface area contributed by atoms with Gasteiger partial charge >= 0.3 is 0 Å². The Hall–Kier alpha value is -2.70. The van der Waals surface area contributed by atoms with Gasteiger partial charge in [-0.2, -0.15) is 0 Å². The lowest BCUT2D eigenvalue weighted by atomic mass is 10.2. The van der Waals surface area contributed by atoms with Crippen LogP contribution in [0.25, 0.3) is 10.6 Å². The summed E-state index contributed by atoms with van der Waals surface area (Å²) in [6, 6.07) is 16.5. The zero-order valence-electron chi connectivity index (χ0n) is 17.5. The van der Waals surface area contributed by atoms with Gasteiger partial charge in [-0.05, 0) is 31.0 Å². The molecule has 0 aliphatic carbocycles. The van der Waals surface area contributed by atoms with Crippen LogP contribution in [-0.2, 0) is 6.54 Å². The van der Waals surface area contributed by atoms with Gasteiger partial charge in [0.05, 0.1) is 7.11 Å². The first kappa shape index (κ1) is 20.6. The Kier molecular flexibility index (Phi) is 6.45. The van der Waals surface area contributed by atoms with Gasteiger partial charge in [-0.3, -0.25) is 9.69 Å². The highest BCUT2D eigenvalue weighted by Gasteiger charge is 2.22. The lowest BCUT2D eigenvalue weighted by molar-refractivity contribution is 0.0756. The Morgan fingerprint density at radius 3 is 2.53 bits per heavy atom. The number of aryl methyl sites for hydroxylation is 1. The van der Waals surface area contributed by atoms with Gasteiger partial charge in [-0.15, -0.1) is 11.3 Å². The first-order chi connectivity index (χ1) is 14.6. The van der Waals surface area contributed by atoms with Crippen molar-refractivity contribution in [2.75, 3.05) is 33.3 Å². The summed E-state index contributed by atoms with van der Waals surface area (Å²) in [6.07, 6.45) is 0.969. The molecule has 1 aliphatic heterocycles. The summed E-state index contributed by atoms with van der Waals surface area (Å²) >= 11 is 1.53. The summed E-state index contributed by atoms with van der Waals surface area (Å²) in [6.45, 7) is 6.31. The fourth-order valence-electron chi connectivity index (χ4n) is 3.68. The number of ether oxygens (including phenoxy) is 1. The summed E-state index contributed by atoms with van der Waals surface area (Å²) in [7, 11) is 1.68. The number of benzene rings is 2. The molecule has 6 heteroatoms. The average molecular weight is 422 g/mol. The molecule has 3 aromatic rings. The first-order valence-corrected chi connectivity index (χ1v) is 11.2. The molecule has 5 nitrogen and oxygen atoms in total. The number of carbonyl (C=O) groups excluding carboxylic acids is 1. The SMILES string of the molecule is COc1ccc(CN2CCCN(C(=O)c3csc(-c4ccc(C)cc4)n3)CC2)cc1. The zero-order valence-corrected chi connectivity index (χ0v) is 18.3. The minimum Gasteiger partial charge on any atom is -0.497 e. The van der Waals surface area contributed by atoms with Crippen molar-refractivity contribution in [3.63, 3.8) is 0 Å². The molecule has 0 saturated carbocycles. The Morgan fingerprint density at radius 2 is 1.80 bits per heavy atom. The quantitative estimate of drug-likeness (QED) is 0.610. The van der Waals surface area contributed by atoms with Gasteiger partial charge in [-0.25, -0.2) is 4.98 Å². The average Bonchev–Trinajstić information content (AvgIpc) is 3.15. The maximum atomic E-state index is 13.0. The first-order valence-electron chi connectivity index (χ1n) is 10.3. The van der Waals surface area contributed by atoms with Gasteiger partial charge in [-0.1, -0.05) is 42.0 Å². The minimum atomic E-state index is 0.0379. The van der Waals surface area contributed by atoms with Crippen LogP contribution in [0.15, 0.2) is 53.9 Å². The summed E-state index contributed by atoms with van der Waals surface area (Å²) in [5, 5.41) is 2.78. The highest BCUT2D eigenvalue weighted by molar-refractivity contribution is 7.13. The van der Waals surface area contributed by atoms with Crippen LogP contribution in [0, 0.1) is 6.92 Å². The Morgan fingerprint density at radius 1 is 1.03 bits per heavy atom.